The summed E-state index contributed by atoms with van der Waals surface area (Å²) in [7, 11) is 0. The molecule has 1 heterocycles. The van der Waals surface area contributed by atoms with Crippen LogP contribution in [0, 0.1) is 13.8 Å². The summed E-state index contributed by atoms with van der Waals surface area (Å²) in [6.07, 6.45) is 0.000145. The van der Waals surface area contributed by atoms with Gasteiger partial charge in [0.15, 0.2) is 0 Å². The molecule has 2 amide bonds. The van der Waals surface area contributed by atoms with Crippen LogP contribution in [0.3, 0.4) is 0 Å². The highest BCUT2D eigenvalue weighted by atomic mass is 35.5. The third-order valence-corrected chi connectivity index (χ3v) is 4.67. The molecule has 0 saturated heterocycles. The fourth-order valence-corrected chi connectivity index (χ4v) is 2.99. The first-order chi connectivity index (χ1) is 14.3. The van der Waals surface area contributed by atoms with E-state index in [1.165, 1.54) is 12.1 Å². The number of hydrogen-bond donors (Lipinski definition) is 2. The maximum atomic E-state index is 12.4. The number of nitrogens with one attached hydrogen (secondary N) is 2. The number of halogens is 1. The van der Waals surface area contributed by atoms with Gasteiger partial charge in [0, 0.05) is 18.2 Å². The van der Waals surface area contributed by atoms with Crippen molar-refractivity contribution in [1.82, 2.24) is 9.78 Å². The topological polar surface area (TPSA) is 93.1 Å². The Morgan fingerprint density at radius 3 is 2.37 bits per heavy atom. The second-order valence-corrected chi connectivity index (χ2v) is 7.29. The first kappa shape index (κ1) is 21.3. The van der Waals surface area contributed by atoms with Crippen LogP contribution in [-0.4, -0.2) is 21.6 Å². The highest BCUT2D eigenvalue weighted by molar-refractivity contribution is 6.33. The zero-order valence-electron chi connectivity index (χ0n) is 16.6. The van der Waals surface area contributed by atoms with E-state index in [0.29, 0.717) is 16.4 Å². The highest BCUT2D eigenvalue weighted by Gasteiger charge is 2.12. The molecule has 1 aromatic heterocycles. The Balaban J connectivity index is 1.64. The van der Waals surface area contributed by atoms with Crippen molar-refractivity contribution in [3.63, 3.8) is 0 Å². The summed E-state index contributed by atoms with van der Waals surface area (Å²) in [6, 6.07) is 15.2. The molecule has 3 aromatic rings. The molecule has 154 valence electrons. The summed E-state index contributed by atoms with van der Waals surface area (Å²) in [5.74, 6) is -0.757. The van der Waals surface area contributed by atoms with E-state index in [1.54, 1.807) is 24.3 Å². The van der Waals surface area contributed by atoms with Gasteiger partial charge in [-0.1, -0.05) is 35.4 Å². The zero-order chi connectivity index (χ0) is 21.7. The molecule has 8 heteroatoms. The summed E-state index contributed by atoms with van der Waals surface area (Å²) in [5.41, 5.74) is 2.86. The van der Waals surface area contributed by atoms with Gasteiger partial charge >= 0.3 is 0 Å². The quantitative estimate of drug-likeness (QED) is 0.629. The van der Waals surface area contributed by atoms with Gasteiger partial charge in [0.25, 0.3) is 11.5 Å². The molecule has 30 heavy (non-hydrogen) atoms. The molecule has 2 aromatic carbocycles. The molecule has 0 unspecified atom stereocenters. The van der Waals surface area contributed by atoms with Crippen molar-refractivity contribution in [2.24, 2.45) is 0 Å². The molecule has 0 aliphatic rings. The molecule has 0 fully saturated rings. The van der Waals surface area contributed by atoms with E-state index in [2.05, 4.69) is 15.7 Å². The van der Waals surface area contributed by atoms with Gasteiger partial charge in [-0.05, 0) is 49.7 Å². The lowest BCUT2D eigenvalue weighted by molar-refractivity contribution is -0.116. The summed E-state index contributed by atoms with van der Waals surface area (Å²) in [6.45, 7) is 3.88. The number of carbonyl (C=O) groups is 2. The van der Waals surface area contributed by atoms with Crippen LogP contribution in [0.2, 0.25) is 5.02 Å². The molecular formula is C22H21ClN4O3. The summed E-state index contributed by atoms with van der Waals surface area (Å²) in [5, 5.41) is 9.96. The Bertz CT molecular complexity index is 1140. The van der Waals surface area contributed by atoms with E-state index in [4.69, 9.17) is 11.6 Å². The maximum absolute atomic E-state index is 12.4. The van der Waals surface area contributed by atoms with E-state index < -0.39 is 11.5 Å². The van der Waals surface area contributed by atoms with Crippen molar-refractivity contribution in [2.45, 2.75) is 26.8 Å². The summed E-state index contributed by atoms with van der Waals surface area (Å²) >= 11 is 6.12. The maximum Gasteiger partial charge on any atom is 0.276 e. The number of carbonyl (C=O) groups excluding carboxylic acids is 2. The average molecular weight is 425 g/mol. The van der Waals surface area contributed by atoms with Gasteiger partial charge in [-0.2, -0.15) is 5.10 Å². The van der Waals surface area contributed by atoms with Gasteiger partial charge in [0.2, 0.25) is 5.91 Å². The lowest BCUT2D eigenvalue weighted by atomic mass is 10.2. The molecule has 0 aliphatic carbocycles. The van der Waals surface area contributed by atoms with E-state index in [0.717, 1.165) is 15.8 Å². The molecule has 0 bridgehead atoms. The average Bonchev–Trinajstić information content (AvgIpc) is 2.71. The van der Waals surface area contributed by atoms with Crippen molar-refractivity contribution in [3.8, 4) is 0 Å². The first-order valence-corrected chi connectivity index (χ1v) is 9.72. The second kappa shape index (κ2) is 9.37. The molecule has 2 N–H and O–H groups in total. The Morgan fingerprint density at radius 1 is 0.967 bits per heavy atom. The molecule has 0 atom stereocenters. The van der Waals surface area contributed by atoms with Crippen molar-refractivity contribution < 1.29 is 9.59 Å². The van der Waals surface area contributed by atoms with Crippen LogP contribution < -0.4 is 16.2 Å². The van der Waals surface area contributed by atoms with Crippen molar-refractivity contribution >= 4 is 34.8 Å². The monoisotopic (exact) mass is 424 g/mol. The van der Waals surface area contributed by atoms with E-state index in [1.807, 2.05) is 32.0 Å². The number of aromatic nitrogens is 2. The molecule has 3 rings (SSSR count). The third-order valence-electron chi connectivity index (χ3n) is 4.36. The van der Waals surface area contributed by atoms with Crippen LogP contribution in [0.4, 0.5) is 11.4 Å². The van der Waals surface area contributed by atoms with Gasteiger partial charge in [0.1, 0.15) is 5.69 Å². The number of aryl methyl sites for hydroxylation is 3. The lowest BCUT2D eigenvalue weighted by Gasteiger charge is -2.10. The van der Waals surface area contributed by atoms with Crippen LogP contribution in [0.5, 0.6) is 0 Å². The van der Waals surface area contributed by atoms with Crippen molar-refractivity contribution in [1.29, 1.82) is 0 Å². The number of hydrogen-bond acceptors (Lipinski definition) is 4. The minimum Gasteiger partial charge on any atom is -0.325 e. The van der Waals surface area contributed by atoms with Crippen LogP contribution in [0.25, 0.3) is 0 Å². The standard InChI is InChI=1S/C22H21ClN4O3/c1-14-3-6-16(7-4-14)24-22(30)19-9-10-21(29)27(26-19)12-11-20(28)25-18-8-5-15(2)13-17(18)23/h3-10,13H,11-12H2,1-2H3,(H,24,30)(H,25,28). The summed E-state index contributed by atoms with van der Waals surface area (Å²) < 4.78 is 1.10. The predicted octanol–water partition coefficient (Wildman–Crippen LogP) is 3.79. The summed E-state index contributed by atoms with van der Waals surface area (Å²) in [4.78, 5) is 36.7. The van der Waals surface area contributed by atoms with Gasteiger partial charge in [-0.3, -0.25) is 14.4 Å². The molecule has 0 spiro atoms. The van der Waals surface area contributed by atoms with Gasteiger partial charge in [-0.15, -0.1) is 0 Å². The molecule has 0 aliphatic heterocycles. The van der Waals surface area contributed by atoms with Gasteiger partial charge in [0.05, 0.1) is 17.3 Å². The number of rotatable bonds is 6. The molecule has 7 nitrogen and oxygen atoms in total. The number of anilines is 2. The fourth-order valence-electron chi connectivity index (χ4n) is 2.70. The first-order valence-electron chi connectivity index (χ1n) is 9.34. The lowest BCUT2D eigenvalue weighted by Crippen LogP contribution is -2.28. The smallest absolute Gasteiger partial charge is 0.276 e. The van der Waals surface area contributed by atoms with E-state index in [9.17, 15) is 14.4 Å². The predicted molar refractivity (Wildman–Crippen MR) is 117 cm³/mol. The van der Waals surface area contributed by atoms with Crippen molar-refractivity contribution in [3.05, 3.63) is 86.8 Å². The van der Waals surface area contributed by atoms with Crippen LogP contribution in [0.15, 0.2) is 59.4 Å². The number of nitrogens with zero attached hydrogens (tertiary/aromatic N) is 2. The fraction of sp³-hybridized carbons (Fsp3) is 0.182. The minimum absolute atomic E-state index is 0.000145. The molecular weight excluding hydrogens is 404 g/mol. The van der Waals surface area contributed by atoms with E-state index >= 15 is 0 Å². The van der Waals surface area contributed by atoms with Crippen LogP contribution in [-0.2, 0) is 11.3 Å². The van der Waals surface area contributed by atoms with Crippen LogP contribution in [0.1, 0.15) is 28.0 Å². The van der Waals surface area contributed by atoms with Gasteiger partial charge in [-0.25, -0.2) is 4.68 Å². The Morgan fingerprint density at radius 2 is 1.67 bits per heavy atom. The largest absolute Gasteiger partial charge is 0.325 e. The number of amides is 2. The Kier molecular flexibility index (Phi) is 6.64. The van der Waals surface area contributed by atoms with Crippen LogP contribution >= 0.6 is 11.6 Å². The highest BCUT2D eigenvalue weighted by Crippen LogP contribution is 2.22. The zero-order valence-corrected chi connectivity index (χ0v) is 17.4. The second-order valence-electron chi connectivity index (χ2n) is 6.88. The number of benzene rings is 2. The SMILES string of the molecule is Cc1ccc(NC(=O)c2ccc(=O)n(CCC(=O)Nc3ccc(C)cc3Cl)n2)cc1. The molecule has 0 radical (unpaired) electrons. The third kappa shape index (κ3) is 5.55. The Labute approximate surface area is 178 Å². The Hall–Kier alpha value is -3.45. The van der Waals surface area contributed by atoms with Crippen molar-refractivity contribution in [2.75, 3.05) is 10.6 Å². The van der Waals surface area contributed by atoms with E-state index in [-0.39, 0.29) is 24.6 Å². The normalized spacial score (nSPS) is 10.5. The minimum atomic E-state index is -0.441. The van der Waals surface area contributed by atoms with Gasteiger partial charge < -0.3 is 10.6 Å². The molecule has 0 saturated carbocycles.